The Morgan fingerprint density at radius 2 is 2.35 bits per heavy atom. The molecule has 4 nitrogen and oxygen atoms in total. The maximum Gasteiger partial charge on any atom is 0.313 e. The molecule has 1 fully saturated rings. The molecule has 2 unspecified atom stereocenters. The van der Waals surface area contributed by atoms with E-state index in [0.717, 1.165) is 11.9 Å². The maximum atomic E-state index is 13.7. The van der Waals surface area contributed by atoms with Gasteiger partial charge in [-0.05, 0) is 34.3 Å². The monoisotopic (exact) mass is 358 g/mol. The number of aliphatic carboxylic acids is 1. The molecule has 0 spiro atoms. The number of nitrogens with zero attached hydrogens (tertiary/aromatic N) is 2. The van der Waals surface area contributed by atoms with Gasteiger partial charge in [-0.3, -0.25) is 4.79 Å². The molecule has 3 rings (SSSR count). The average molecular weight is 359 g/mol. The zero-order valence-corrected chi connectivity index (χ0v) is 13.0. The molecule has 7 heteroatoms. The van der Waals surface area contributed by atoms with E-state index in [0.29, 0.717) is 21.1 Å². The second-order valence-corrected chi connectivity index (χ2v) is 6.78. The molecule has 1 N–H and O–H groups in total. The molecule has 1 saturated carbocycles. The van der Waals surface area contributed by atoms with Crippen LogP contribution in [0.3, 0.4) is 0 Å². The second-order valence-electron chi connectivity index (χ2n) is 4.98. The van der Waals surface area contributed by atoms with Gasteiger partial charge in [-0.1, -0.05) is 18.7 Å². The van der Waals surface area contributed by atoms with E-state index in [-0.39, 0.29) is 17.6 Å². The summed E-state index contributed by atoms with van der Waals surface area (Å²) in [6.07, 6.45) is 1.02. The fraction of sp³-hybridized carbons (Fsp3) is 0.385. The van der Waals surface area contributed by atoms with Gasteiger partial charge in [0.15, 0.2) is 5.16 Å². The summed E-state index contributed by atoms with van der Waals surface area (Å²) >= 11 is 4.33. The fourth-order valence-corrected chi connectivity index (χ4v) is 3.40. The zero-order valence-electron chi connectivity index (χ0n) is 10.6. The molecule has 1 aromatic carbocycles. The molecule has 20 heavy (non-hydrogen) atoms. The van der Waals surface area contributed by atoms with Gasteiger partial charge in [0.2, 0.25) is 0 Å². The Labute approximate surface area is 127 Å². The van der Waals surface area contributed by atoms with Crippen LogP contribution in [0.15, 0.2) is 21.8 Å². The summed E-state index contributed by atoms with van der Waals surface area (Å²) in [5.74, 6) is -0.747. The smallest absolute Gasteiger partial charge is 0.313 e. The first kappa shape index (κ1) is 13.9. The molecule has 0 radical (unpaired) electrons. The van der Waals surface area contributed by atoms with Gasteiger partial charge in [-0.15, -0.1) is 0 Å². The molecule has 1 aromatic heterocycles. The van der Waals surface area contributed by atoms with Crippen LogP contribution in [0.5, 0.6) is 0 Å². The third-order valence-corrected chi connectivity index (χ3v) is 4.97. The number of fused-ring (bicyclic) bond motifs is 1. The Morgan fingerprint density at radius 1 is 1.65 bits per heavy atom. The van der Waals surface area contributed by atoms with E-state index in [2.05, 4.69) is 27.8 Å². The van der Waals surface area contributed by atoms with Crippen LogP contribution in [0.25, 0.3) is 11.0 Å². The Morgan fingerprint density at radius 3 is 2.95 bits per heavy atom. The first-order valence-corrected chi connectivity index (χ1v) is 7.97. The van der Waals surface area contributed by atoms with Crippen molar-refractivity contribution in [2.45, 2.75) is 24.5 Å². The Hall–Kier alpha value is -1.08. The zero-order chi connectivity index (χ0) is 14.4. The van der Waals surface area contributed by atoms with Crippen LogP contribution >= 0.6 is 27.7 Å². The number of carboxylic acid groups (broad SMARTS) is 1. The van der Waals surface area contributed by atoms with Crippen molar-refractivity contribution in [3.63, 3.8) is 0 Å². The van der Waals surface area contributed by atoms with Crippen molar-refractivity contribution in [1.29, 1.82) is 0 Å². The molecule has 1 aliphatic carbocycles. The van der Waals surface area contributed by atoms with Crippen molar-refractivity contribution in [3.8, 4) is 0 Å². The predicted octanol–water partition coefficient (Wildman–Crippen LogP) is 3.70. The van der Waals surface area contributed by atoms with Gasteiger partial charge in [0.1, 0.15) is 5.82 Å². The van der Waals surface area contributed by atoms with Gasteiger partial charge in [0, 0.05) is 12.1 Å². The van der Waals surface area contributed by atoms with Gasteiger partial charge in [-0.25, -0.2) is 9.37 Å². The minimum absolute atomic E-state index is 0.0475. The summed E-state index contributed by atoms with van der Waals surface area (Å²) in [6.45, 7) is 2.12. The first-order chi connectivity index (χ1) is 9.47. The molecule has 0 aliphatic heterocycles. The van der Waals surface area contributed by atoms with Crippen molar-refractivity contribution >= 4 is 44.7 Å². The number of rotatable bonds is 4. The number of carboxylic acids is 1. The van der Waals surface area contributed by atoms with Crippen LogP contribution < -0.4 is 0 Å². The van der Waals surface area contributed by atoms with Crippen LogP contribution in [0.2, 0.25) is 0 Å². The molecule has 0 amide bonds. The van der Waals surface area contributed by atoms with Gasteiger partial charge < -0.3 is 9.67 Å². The maximum absolute atomic E-state index is 13.7. The largest absolute Gasteiger partial charge is 0.481 e. The predicted molar refractivity (Wildman–Crippen MR) is 78.6 cm³/mol. The molecule has 1 heterocycles. The lowest BCUT2D eigenvalue weighted by Gasteiger charge is -2.07. The van der Waals surface area contributed by atoms with E-state index in [4.69, 9.17) is 5.11 Å². The topological polar surface area (TPSA) is 55.1 Å². The summed E-state index contributed by atoms with van der Waals surface area (Å²) in [5.41, 5.74) is 1.42. The summed E-state index contributed by atoms with van der Waals surface area (Å²) in [7, 11) is 0. The Kier molecular flexibility index (Phi) is 3.50. The fourth-order valence-electron chi connectivity index (χ4n) is 2.28. The van der Waals surface area contributed by atoms with Crippen LogP contribution in [-0.2, 0) is 4.79 Å². The van der Waals surface area contributed by atoms with Gasteiger partial charge in [0.25, 0.3) is 0 Å². The Bertz CT molecular complexity index is 703. The first-order valence-electron chi connectivity index (χ1n) is 6.19. The highest BCUT2D eigenvalue weighted by molar-refractivity contribution is 9.10. The lowest BCUT2D eigenvalue weighted by atomic mass is 10.3. The Balaban J connectivity index is 2.10. The van der Waals surface area contributed by atoms with Crippen molar-refractivity contribution in [2.24, 2.45) is 5.92 Å². The molecule has 2 aromatic rings. The number of hydrogen-bond donors (Lipinski definition) is 1. The van der Waals surface area contributed by atoms with Crippen molar-refractivity contribution in [3.05, 3.63) is 22.4 Å². The van der Waals surface area contributed by atoms with E-state index in [1.165, 1.54) is 17.8 Å². The molecule has 106 valence electrons. The van der Waals surface area contributed by atoms with Crippen molar-refractivity contribution in [1.82, 2.24) is 9.55 Å². The number of imidazole rings is 1. The second kappa shape index (κ2) is 5.04. The summed E-state index contributed by atoms with van der Waals surface area (Å²) in [5, 5.41) is 9.46. The normalized spacial score (nSPS) is 21.4. The standard InChI is InChI=1S/C13H12BrFN2O2S/c1-6-2-10(6)17-11-4-8(15)7(14)3-9(11)16-13(17)20-5-12(18)19/h3-4,6,10H,2,5H2,1H3,(H,18,19). The third kappa shape index (κ3) is 2.44. The highest BCUT2D eigenvalue weighted by atomic mass is 79.9. The van der Waals surface area contributed by atoms with Crippen molar-refractivity contribution < 1.29 is 14.3 Å². The van der Waals surface area contributed by atoms with E-state index < -0.39 is 5.97 Å². The minimum Gasteiger partial charge on any atom is -0.481 e. The number of halogens is 2. The quantitative estimate of drug-likeness (QED) is 0.846. The van der Waals surface area contributed by atoms with Gasteiger partial charge in [0.05, 0.1) is 21.3 Å². The van der Waals surface area contributed by atoms with Gasteiger partial charge >= 0.3 is 5.97 Å². The SMILES string of the molecule is CC1CC1n1c(SCC(=O)O)nc2cc(Br)c(F)cc21. The number of aromatic nitrogens is 2. The van der Waals surface area contributed by atoms with Crippen molar-refractivity contribution in [2.75, 3.05) is 5.75 Å². The summed E-state index contributed by atoms with van der Waals surface area (Å²) < 4.78 is 16.1. The number of hydrogen-bond acceptors (Lipinski definition) is 3. The lowest BCUT2D eigenvalue weighted by Crippen LogP contribution is -2.02. The van der Waals surface area contributed by atoms with E-state index in [9.17, 15) is 9.18 Å². The molecular weight excluding hydrogens is 347 g/mol. The van der Waals surface area contributed by atoms with E-state index in [1.54, 1.807) is 6.07 Å². The third-order valence-electron chi connectivity index (χ3n) is 3.42. The molecule has 1 aliphatic rings. The lowest BCUT2D eigenvalue weighted by molar-refractivity contribution is -0.133. The number of carbonyl (C=O) groups is 1. The molecule has 2 atom stereocenters. The van der Waals surface area contributed by atoms with Gasteiger partial charge in [-0.2, -0.15) is 0 Å². The number of benzene rings is 1. The van der Waals surface area contributed by atoms with Crippen LogP contribution in [0, 0.1) is 11.7 Å². The summed E-state index contributed by atoms with van der Waals surface area (Å²) in [6, 6.07) is 3.39. The number of thioether (sulfide) groups is 1. The van der Waals surface area contributed by atoms with Crippen LogP contribution in [0.1, 0.15) is 19.4 Å². The highest BCUT2D eigenvalue weighted by Gasteiger charge is 2.37. The van der Waals surface area contributed by atoms with Crippen LogP contribution in [-0.4, -0.2) is 26.4 Å². The summed E-state index contributed by atoms with van der Waals surface area (Å²) in [4.78, 5) is 15.2. The van der Waals surface area contributed by atoms with E-state index in [1.807, 2.05) is 4.57 Å². The van der Waals surface area contributed by atoms with E-state index >= 15 is 0 Å². The highest BCUT2D eigenvalue weighted by Crippen LogP contribution is 2.46. The average Bonchev–Trinajstić information content (AvgIpc) is 2.98. The molecule has 0 bridgehead atoms. The molecular formula is C13H12BrFN2O2S. The molecule has 0 saturated heterocycles. The van der Waals surface area contributed by atoms with Crippen LogP contribution in [0.4, 0.5) is 4.39 Å². The minimum atomic E-state index is -0.884.